The number of aromatic nitrogens is 1. The topological polar surface area (TPSA) is 65.2 Å². The molecule has 1 aromatic heterocycles. The van der Waals surface area contributed by atoms with Gasteiger partial charge < -0.3 is 10.5 Å². The van der Waals surface area contributed by atoms with Crippen LogP contribution in [0.15, 0.2) is 36.7 Å². The molecular formula is C13H10F2N2O2. The molecule has 2 N–H and O–H groups in total. The molecular weight excluding hydrogens is 254 g/mol. The zero-order valence-electron chi connectivity index (χ0n) is 9.77. The molecule has 0 radical (unpaired) electrons. The fourth-order valence-electron chi connectivity index (χ4n) is 1.44. The number of hydrogen-bond donors (Lipinski definition) is 1. The van der Waals surface area contributed by atoms with E-state index in [-0.39, 0.29) is 17.9 Å². The lowest BCUT2D eigenvalue weighted by Gasteiger charge is -2.07. The summed E-state index contributed by atoms with van der Waals surface area (Å²) in [4.78, 5) is 15.5. The lowest BCUT2D eigenvalue weighted by atomic mass is 10.1. The molecule has 1 heterocycles. The molecule has 0 aliphatic heterocycles. The molecule has 0 aliphatic rings. The quantitative estimate of drug-likeness (QED) is 0.682. The summed E-state index contributed by atoms with van der Waals surface area (Å²) in [6.45, 7) is -0.000210. The molecule has 0 atom stereocenters. The van der Waals surface area contributed by atoms with Gasteiger partial charge in [0.15, 0.2) is 11.6 Å². The number of carbonyl (C=O) groups is 1. The minimum absolute atomic E-state index is 0.000210. The summed E-state index contributed by atoms with van der Waals surface area (Å²) in [7, 11) is 0. The van der Waals surface area contributed by atoms with Crippen LogP contribution in [0, 0.1) is 11.6 Å². The smallest absolute Gasteiger partial charge is 0.340 e. The van der Waals surface area contributed by atoms with Crippen molar-refractivity contribution in [3.63, 3.8) is 0 Å². The van der Waals surface area contributed by atoms with Gasteiger partial charge in [0.1, 0.15) is 6.61 Å². The maximum absolute atomic E-state index is 13.0. The Morgan fingerprint density at radius 3 is 2.53 bits per heavy atom. The van der Waals surface area contributed by atoms with E-state index in [1.54, 1.807) is 24.5 Å². The minimum Gasteiger partial charge on any atom is -0.457 e. The highest BCUT2D eigenvalue weighted by Crippen LogP contribution is 2.18. The number of nitrogen functional groups attached to an aromatic ring is 1. The van der Waals surface area contributed by atoms with E-state index in [4.69, 9.17) is 10.5 Å². The summed E-state index contributed by atoms with van der Waals surface area (Å²) in [6.07, 6.45) is 3.10. The van der Waals surface area contributed by atoms with Crippen LogP contribution in [0.25, 0.3) is 0 Å². The van der Waals surface area contributed by atoms with Gasteiger partial charge in [-0.1, -0.05) is 0 Å². The van der Waals surface area contributed by atoms with Crippen LogP contribution in [0.3, 0.4) is 0 Å². The molecule has 0 fully saturated rings. The van der Waals surface area contributed by atoms with Gasteiger partial charge in [-0.05, 0) is 23.8 Å². The van der Waals surface area contributed by atoms with Crippen LogP contribution in [0.5, 0.6) is 0 Å². The van der Waals surface area contributed by atoms with E-state index in [0.717, 1.165) is 17.7 Å². The van der Waals surface area contributed by atoms with Crippen molar-refractivity contribution in [3.05, 3.63) is 59.4 Å². The minimum atomic E-state index is -1.15. The highest BCUT2D eigenvalue weighted by Gasteiger charge is 2.15. The SMILES string of the molecule is Nc1cc(F)c(F)cc1C(=O)OCc1ccncc1. The average molecular weight is 264 g/mol. The highest BCUT2D eigenvalue weighted by molar-refractivity contribution is 5.95. The van der Waals surface area contributed by atoms with Crippen LogP contribution in [0.4, 0.5) is 14.5 Å². The van der Waals surface area contributed by atoms with Gasteiger partial charge in [0.2, 0.25) is 0 Å². The Balaban J connectivity index is 2.10. The molecule has 6 heteroatoms. The standard InChI is InChI=1S/C13H10F2N2O2/c14-10-5-9(12(16)6-11(10)15)13(18)19-7-8-1-3-17-4-2-8/h1-6H,7,16H2. The zero-order valence-corrected chi connectivity index (χ0v) is 9.77. The first-order chi connectivity index (χ1) is 9.08. The van der Waals surface area contributed by atoms with Gasteiger partial charge in [-0.2, -0.15) is 0 Å². The average Bonchev–Trinajstić information content (AvgIpc) is 2.41. The zero-order chi connectivity index (χ0) is 13.8. The lowest BCUT2D eigenvalue weighted by Crippen LogP contribution is -2.09. The summed E-state index contributed by atoms with van der Waals surface area (Å²) in [5.41, 5.74) is 5.80. The van der Waals surface area contributed by atoms with Gasteiger partial charge in [-0.25, -0.2) is 13.6 Å². The Morgan fingerprint density at radius 2 is 1.84 bits per heavy atom. The Bertz CT molecular complexity index is 603. The molecule has 0 bridgehead atoms. The number of pyridine rings is 1. The fraction of sp³-hybridized carbons (Fsp3) is 0.0769. The molecule has 2 aromatic rings. The van der Waals surface area contributed by atoms with Crippen molar-refractivity contribution in [1.29, 1.82) is 0 Å². The summed E-state index contributed by atoms with van der Waals surface area (Å²) in [5.74, 6) is -3.07. The van der Waals surface area contributed by atoms with Gasteiger partial charge in [-0.15, -0.1) is 0 Å². The van der Waals surface area contributed by atoms with Gasteiger partial charge >= 0.3 is 5.97 Å². The Morgan fingerprint density at radius 1 is 1.21 bits per heavy atom. The van der Waals surface area contributed by atoms with Crippen LogP contribution < -0.4 is 5.73 Å². The number of nitrogens with zero attached hydrogens (tertiary/aromatic N) is 1. The lowest BCUT2D eigenvalue weighted by molar-refractivity contribution is 0.0473. The number of nitrogens with two attached hydrogens (primary N) is 1. The molecule has 0 amide bonds. The largest absolute Gasteiger partial charge is 0.457 e. The highest BCUT2D eigenvalue weighted by atomic mass is 19.2. The van der Waals surface area contributed by atoms with Crippen LogP contribution >= 0.6 is 0 Å². The maximum Gasteiger partial charge on any atom is 0.340 e. The number of anilines is 1. The predicted octanol–water partition coefficient (Wildman–Crippen LogP) is 2.30. The number of carbonyl (C=O) groups excluding carboxylic acids is 1. The van der Waals surface area contributed by atoms with Gasteiger partial charge in [-0.3, -0.25) is 4.98 Å². The first kappa shape index (κ1) is 12.9. The predicted molar refractivity (Wildman–Crippen MR) is 64.1 cm³/mol. The molecule has 0 aliphatic carbocycles. The number of ether oxygens (including phenoxy) is 1. The monoisotopic (exact) mass is 264 g/mol. The van der Waals surface area contributed by atoms with Crippen molar-refractivity contribution in [2.45, 2.75) is 6.61 Å². The number of halogens is 2. The maximum atomic E-state index is 13.0. The van der Waals surface area contributed by atoms with Crippen molar-refractivity contribution in [1.82, 2.24) is 4.98 Å². The van der Waals surface area contributed by atoms with Crippen molar-refractivity contribution >= 4 is 11.7 Å². The molecule has 0 saturated carbocycles. The van der Waals surface area contributed by atoms with Gasteiger partial charge in [0.05, 0.1) is 5.56 Å². The number of benzene rings is 1. The Hall–Kier alpha value is -2.50. The first-order valence-corrected chi connectivity index (χ1v) is 5.38. The molecule has 0 spiro atoms. The van der Waals surface area contributed by atoms with Gasteiger partial charge in [0.25, 0.3) is 0 Å². The summed E-state index contributed by atoms with van der Waals surface area (Å²) in [5, 5.41) is 0. The van der Waals surface area contributed by atoms with Crippen LogP contribution in [-0.2, 0) is 11.3 Å². The van der Waals surface area contributed by atoms with Crippen molar-refractivity contribution in [2.24, 2.45) is 0 Å². The molecule has 4 nitrogen and oxygen atoms in total. The van der Waals surface area contributed by atoms with Gasteiger partial charge in [0, 0.05) is 24.1 Å². The van der Waals surface area contributed by atoms with E-state index in [0.29, 0.717) is 0 Å². The third-order valence-electron chi connectivity index (χ3n) is 2.43. The van der Waals surface area contributed by atoms with E-state index in [9.17, 15) is 13.6 Å². The second-order valence-electron chi connectivity index (χ2n) is 3.79. The van der Waals surface area contributed by atoms with Crippen molar-refractivity contribution in [2.75, 3.05) is 5.73 Å². The molecule has 98 valence electrons. The summed E-state index contributed by atoms with van der Waals surface area (Å²) < 4.78 is 30.8. The molecule has 2 rings (SSSR count). The first-order valence-electron chi connectivity index (χ1n) is 5.38. The van der Waals surface area contributed by atoms with E-state index in [2.05, 4.69) is 4.98 Å². The van der Waals surface area contributed by atoms with Crippen LogP contribution in [0.2, 0.25) is 0 Å². The second-order valence-corrected chi connectivity index (χ2v) is 3.79. The summed E-state index contributed by atoms with van der Waals surface area (Å²) >= 11 is 0. The van der Waals surface area contributed by atoms with Crippen molar-refractivity contribution < 1.29 is 18.3 Å². The third kappa shape index (κ3) is 3.04. The number of hydrogen-bond acceptors (Lipinski definition) is 4. The normalized spacial score (nSPS) is 10.2. The number of rotatable bonds is 3. The summed E-state index contributed by atoms with van der Waals surface area (Å²) in [6, 6.07) is 4.81. The van der Waals surface area contributed by atoms with Crippen LogP contribution in [-0.4, -0.2) is 11.0 Å². The fourth-order valence-corrected chi connectivity index (χ4v) is 1.44. The van der Waals surface area contributed by atoms with E-state index in [1.165, 1.54) is 0 Å². The molecule has 19 heavy (non-hydrogen) atoms. The third-order valence-corrected chi connectivity index (χ3v) is 2.43. The van der Waals surface area contributed by atoms with Crippen molar-refractivity contribution in [3.8, 4) is 0 Å². The van der Waals surface area contributed by atoms with E-state index >= 15 is 0 Å². The second kappa shape index (κ2) is 5.43. The Labute approximate surface area is 107 Å². The van der Waals surface area contributed by atoms with E-state index < -0.39 is 17.6 Å². The number of esters is 1. The molecule has 1 aromatic carbocycles. The molecule has 0 unspecified atom stereocenters. The van der Waals surface area contributed by atoms with E-state index in [1.807, 2.05) is 0 Å². The van der Waals surface area contributed by atoms with Crippen LogP contribution in [0.1, 0.15) is 15.9 Å². The Kier molecular flexibility index (Phi) is 3.70. The molecule has 0 saturated heterocycles.